The van der Waals surface area contributed by atoms with Crippen molar-refractivity contribution in [2.24, 2.45) is 0 Å². The molecule has 19 heavy (non-hydrogen) atoms. The molecule has 3 heteroatoms. The molecule has 96 valence electrons. The molecule has 0 amide bonds. The third-order valence-electron chi connectivity index (χ3n) is 4.37. The molecule has 1 N–H and O–H groups in total. The Balaban J connectivity index is 1.62. The predicted octanol–water partition coefficient (Wildman–Crippen LogP) is 2.00. The number of hydrogen-bond donors (Lipinski definition) is 1. The molecular weight excluding hydrogens is 234 g/mol. The van der Waals surface area contributed by atoms with Crippen molar-refractivity contribution < 1.29 is 0 Å². The largest absolute Gasteiger partial charge is 0.312 e. The van der Waals surface area contributed by atoms with Crippen molar-refractivity contribution in [2.45, 2.75) is 31.7 Å². The molecule has 2 aliphatic rings. The summed E-state index contributed by atoms with van der Waals surface area (Å²) in [6, 6.07) is 8.77. The second-order valence-corrected chi connectivity index (χ2v) is 5.48. The first kappa shape index (κ1) is 11.1. The molecule has 2 aromatic rings. The number of benzene rings is 1. The molecule has 1 aromatic heterocycles. The fourth-order valence-corrected chi connectivity index (χ4v) is 3.28. The Hall–Kier alpha value is -1.74. The van der Waals surface area contributed by atoms with E-state index in [1.54, 1.807) is 6.33 Å². The molecule has 4 rings (SSSR count). The van der Waals surface area contributed by atoms with E-state index in [4.69, 9.17) is 0 Å². The van der Waals surface area contributed by atoms with Crippen LogP contribution in [-0.4, -0.2) is 16.5 Å². The first-order chi connectivity index (χ1) is 9.42. The van der Waals surface area contributed by atoms with Crippen LogP contribution < -0.4 is 5.32 Å². The Morgan fingerprint density at radius 3 is 3.11 bits per heavy atom. The fourth-order valence-electron chi connectivity index (χ4n) is 3.28. The topological polar surface area (TPSA) is 37.8 Å². The van der Waals surface area contributed by atoms with Gasteiger partial charge in [0.1, 0.15) is 6.33 Å². The smallest absolute Gasteiger partial charge is 0.115 e. The Labute approximate surface area is 113 Å². The molecule has 0 radical (unpaired) electrons. The molecule has 0 saturated heterocycles. The van der Waals surface area contributed by atoms with Gasteiger partial charge in [-0.15, -0.1) is 0 Å². The normalized spacial score (nSPS) is 20.3. The number of hydrogen-bond acceptors (Lipinski definition) is 3. The van der Waals surface area contributed by atoms with Crippen molar-refractivity contribution >= 4 is 0 Å². The molecule has 0 bridgehead atoms. The molecule has 1 atom stereocenters. The van der Waals surface area contributed by atoms with Gasteiger partial charge in [-0.3, -0.25) is 0 Å². The van der Waals surface area contributed by atoms with Gasteiger partial charge in [-0.1, -0.05) is 24.3 Å². The van der Waals surface area contributed by atoms with Crippen molar-refractivity contribution in [2.75, 3.05) is 6.54 Å². The van der Waals surface area contributed by atoms with Crippen LogP contribution in [0.3, 0.4) is 0 Å². The van der Waals surface area contributed by atoms with E-state index in [0.717, 1.165) is 25.9 Å². The van der Waals surface area contributed by atoms with E-state index in [2.05, 4.69) is 39.6 Å². The van der Waals surface area contributed by atoms with Crippen LogP contribution in [0.4, 0.5) is 0 Å². The van der Waals surface area contributed by atoms with Crippen molar-refractivity contribution in [3.63, 3.8) is 0 Å². The van der Waals surface area contributed by atoms with E-state index in [1.807, 2.05) is 0 Å². The van der Waals surface area contributed by atoms with Gasteiger partial charge in [0.15, 0.2) is 0 Å². The third-order valence-corrected chi connectivity index (χ3v) is 4.37. The van der Waals surface area contributed by atoms with Crippen LogP contribution in [0.1, 0.15) is 34.0 Å². The highest BCUT2D eigenvalue weighted by molar-refractivity contribution is 5.41. The van der Waals surface area contributed by atoms with E-state index in [-0.39, 0.29) is 0 Å². The van der Waals surface area contributed by atoms with Crippen molar-refractivity contribution in [3.8, 4) is 0 Å². The van der Waals surface area contributed by atoms with Crippen molar-refractivity contribution in [1.29, 1.82) is 0 Å². The van der Waals surface area contributed by atoms with Gasteiger partial charge in [-0.05, 0) is 29.9 Å². The molecule has 0 fully saturated rings. The molecule has 3 nitrogen and oxygen atoms in total. The lowest BCUT2D eigenvalue weighted by Gasteiger charge is -2.31. The van der Waals surface area contributed by atoms with Crippen molar-refractivity contribution in [3.05, 3.63) is 58.7 Å². The summed E-state index contributed by atoms with van der Waals surface area (Å²) in [6.07, 6.45) is 5.03. The van der Waals surface area contributed by atoms with Gasteiger partial charge in [0.05, 0.1) is 0 Å². The number of nitrogens with one attached hydrogen (secondary N) is 1. The number of rotatable bonds is 2. The predicted molar refractivity (Wildman–Crippen MR) is 74.0 cm³/mol. The van der Waals surface area contributed by atoms with Crippen molar-refractivity contribution in [1.82, 2.24) is 15.3 Å². The molecule has 1 unspecified atom stereocenters. The summed E-state index contributed by atoms with van der Waals surface area (Å²) in [7, 11) is 0. The van der Waals surface area contributed by atoms with Gasteiger partial charge in [0.2, 0.25) is 0 Å². The molecule has 0 spiro atoms. The summed E-state index contributed by atoms with van der Waals surface area (Å²) in [4.78, 5) is 8.96. The van der Waals surface area contributed by atoms with Crippen LogP contribution in [0, 0.1) is 0 Å². The number of aromatic nitrogens is 2. The lowest BCUT2D eigenvalue weighted by atomic mass is 9.75. The third kappa shape index (κ3) is 1.85. The molecule has 1 aliphatic carbocycles. The van der Waals surface area contributed by atoms with Crippen LogP contribution in [0.2, 0.25) is 0 Å². The Kier molecular flexibility index (Phi) is 2.59. The molecule has 1 aliphatic heterocycles. The maximum Gasteiger partial charge on any atom is 0.115 e. The van der Waals surface area contributed by atoms with Crippen LogP contribution in [0.25, 0.3) is 0 Å². The second-order valence-electron chi connectivity index (χ2n) is 5.48. The summed E-state index contributed by atoms with van der Waals surface area (Å²) < 4.78 is 0. The monoisotopic (exact) mass is 251 g/mol. The van der Waals surface area contributed by atoms with Crippen LogP contribution in [-0.2, 0) is 25.8 Å². The minimum atomic E-state index is 0.650. The maximum atomic E-state index is 4.54. The minimum Gasteiger partial charge on any atom is -0.312 e. The standard InChI is InChI=1S/C16H17N3/c1-2-4-13-11(3-1)7-12(13)8-16-14-9-17-6-5-15(14)18-10-19-16/h1-4,10,12,17H,5-9H2. The van der Waals surface area contributed by atoms with Gasteiger partial charge in [0.25, 0.3) is 0 Å². The minimum absolute atomic E-state index is 0.650. The Morgan fingerprint density at radius 1 is 1.21 bits per heavy atom. The lowest BCUT2D eigenvalue weighted by molar-refractivity contribution is 0.570. The van der Waals surface area contributed by atoms with E-state index < -0.39 is 0 Å². The fraction of sp³-hybridized carbons (Fsp3) is 0.375. The number of nitrogens with zero attached hydrogens (tertiary/aromatic N) is 2. The van der Waals surface area contributed by atoms with Gasteiger partial charge in [0, 0.05) is 36.5 Å². The molecule has 2 heterocycles. The number of fused-ring (bicyclic) bond motifs is 2. The van der Waals surface area contributed by atoms with Gasteiger partial charge in [-0.2, -0.15) is 0 Å². The zero-order chi connectivity index (χ0) is 12.7. The average Bonchev–Trinajstić information content (AvgIpc) is 2.45. The zero-order valence-corrected chi connectivity index (χ0v) is 10.9. The average molecular weight is 251 g/mol. The van der Waals surface area contributed by atoms with E-state index in [9.17, 15) is 0 Å². The lowest BCUT2D eigenvalue weighted by Crippen LogP contribution is -2.28. The van der Waals surface area contributed by atoms with Crippen LogP contribution in [0.15, 0.2) is 30.6 Å². The Morgan fingerprint density at radius 2 is 2.16 bits per heavy atom. The summed E-state index contributed by atoms with van der Waals surface area (Å²) in [5.74, 6) is 0.650. The van der Waals surface area contributed by atoms with Crippen LogP contribution >= 0.6 is 0 Å². The van der Waals surface area contributed by atoms with Gasteiger partial charge in [-0.25, -0.2) is 9.97 Å². The summed E-state index contributed by atoms with van der Waals surface area (Å²) in [5, 5.41) is 3.43. The highest BCUT2D eigenvalue weighted by Crippen LogP contribution is 2.37. The first-order valence-electron chi connectivity index (χ1n) is 7.02. The van der Waals surface area contributed by atoms with Gasteiger partial charge >= 0.3 is 0 Å². The molecule has 1 aromatic carbocycles. The van der Waals surface area contributed by atoms with Gasteiger partial charge < -0.3 is 5.32 Å². The molecule has 0 saturated carbocycles. The Bertz CT molecular complexity index is 621. The SMILES string of the molecule is c1ccc2c(c1)CC2Cc1ncnc2c1CNCC2. The summed E-state index contributed by atoms with van der Waals surface area (Å²) >= 11 is 0. The maximum absolute atomic E-state index is 4.54. The first-order valence-corrected chi connectivity index (χ1v) is 7.02. The van der Waals surface area contributed by atoms with E-state index >= 15 is 0 Å². The highest BCUT2D eigenvalue weighted by atomic mass is 14.9. The van der Waals surface area contributed by atoms with E-state index in [0.29, 0.717) is 5.92 Å². The highest BCUT2D eigenvalue weighted by Gasteiger charge is 2.27. The van der Waals surface area contributed by atoms with Crippen LogP contribution in [0.5, 0.6) is 0 Å². The van der Waals surface area contributed by atoms with E-state index in [1.165, 1.54) is 34.5 Å². The molecular formula is C16H17N3. The second kappa shape index (κ2) is 4.42. The quantitative estimate of drug-likeness (QED) is 0.887. The summed E-state index contributed by atoms with van der Waals surface area (Å²) in [5.41, 5.74) is 6.86. The summed E-state index contributed by atoms with van der Waals surface area (Å²) in [6.45, 7) is 1.97. The zero-order valence-electron chi connectivity index (χ0n) is 10.9.